The van der Waals surface area contributed by atoms with Crippen molar-refractivity contribution >= 4 is 17.5 Å². The van der Waals surface area contributed by atoms with E-state index < -0.39 is 5.41 Å². The fraction of sp³-hybridized carbons (Fsp3) is 0.500. The monoisotopic (exact) mass is 276 g/mol. The predicted octanol–water partition coefficient (Wildman–Crippen LogP) is 3.20. The number of anilines is 1. The number of rotatable bonds is 4. The number of carbonyl (C=O) groups excluding carboxylic acids is 2. The van der Waals surface area contributed by atoms with Gasteiger partial charge in [0.05, 0.1) is 0 Å². The van der Waals surface area contributed by atoms with Gasteiger partial charge in [-0.3, -0.25) is 9.59 Å². The minimum Gasteiger partial charge on any atom is -0.350 e. The van der Waals surface area contributed by atoms with Gasteiger partial charge in [-0.15, -0.1) is 0 Å². The molecule has 0 aliphatic heterocycles. The summed E-state index contributed by atoms with van der Waals surface area (Å²) in [5, 5.41) is 5.73. The Labute approximate surface area is 121 Å². The summed E-state index contributed by atoms with van der Waals surface area (Å²) in [6, 6.07) is 7.08. The van der Waals surface area contributed by atoms with Crippen molar-refractivity contribution < 1.29 is 9.59 Å². The zero-order chi connectivity index (χ0) is 15.3. The maximum Gasteiger partial charge on any atom is 0.251 e. The lowest BCUT2D eigenvalue weighted by Crippen LogP contribution is -2.31. The molecule has 110 valence electrons. The quantitative estimate of drug-likeness (QED) is 0.887. The smallest absolute Gasteiger partial charge is 0.251 e. The standard InChI is InChI=1S/C16H24N2O2/c1-6-11(2)17-14(19)12-7-9-13(10-8-12)18-15(20)16(3,4)5/h7-11H,6H2,1-5H3,(H,17,19)(H,18,20)/t11-/m0/s1. The molecule has 0 fully saturated rings. The first kappa shape index (κ1) is 16.2. The highest BCUT2D eigenvalue weighted by Crippen LogP contribution is 2.17. The SMILES string of the molecule is CC[C@H](C)NC(=O)c1ccc(NC(=O)C(C)(C)C)cc1. The highest BCUT2D eigenvalue weighted by molar-refractivity contribution is 5.97. The van der Waals surface area contributed by atoms with E-state index in [1.54, 1.807) is 24.3 Å². The molecule has 4 heteroatoms. The number of nitrogens with one attached hydrogen (secondary N) is 2. The van der Waals surface area contributed by atoms with Crippen molar-refractivity contribution in [1.29, 1.82) is 0 Å². The maximum atomic E-state index is 11.9. The molecule has 2 amide bonds. The third kappa shape index (κ3) is 4.68. The van der Waals surface area contributed by atoms with E-state index in [1.165, 1.54) is 0 Å². The average Bonchev–Trinajstić information content (AvgIpc) is 2.38. The van der Waals surface area contributed by atoms with Gasteiger partial charge in [0.2, 0.25) is 5.91 Å². The normalized spacial score (nSPS) is 12.7. The molecule has 1 aromatic rings. The van der Waals surface area contributed by atoms with Gasteiger partial charge in [0.1, 0.15) is 0 Å². The summed E-state index contributed by atoms with van der Waals surface area (Å²) in [5.41, 5.74) is 0.858. The Morgan fingerprint density at radius 1 is 1.15 bits per heavy atom. The number of benzene rings is 1. The van der Waals surface area contributed by atoms with Gasteiger partial charge < -0.3 is 10.6 Å². The van der Waals surface area contributed by atoms with Crippen LogP contribution in [-0.2, 0) is 4.79 Å². The molecule has 4 nitrogen and oxygen atoms in total. The van der Waals surface area contributed by atoms with Crippen molar-refractivity contribution in [3.63, 3.8) is 0 Å². The minimum atomic E-state index is -0.438. The third-order valence-corrected chi connectivity index (χ3v) is 3.08. The largest absolute Gasteiger partial charge is 0.350 e. The van der Waals surface area contributed by atoms with Crippen LogP contribution in [0.2, 0.25) is 0 Å². The van der Waals surface area contributed by atoms with Crippen molar-refractivity contribution in [2.45, 2.75) is 47.1 Å². The van der Waals surface area contributed by atoms with E-state index in [0.29, 0.717) is 11.3 Å². The van der Waals surface area contributed by atoms with Crippen LogP contribution >= 0.6 is 0 Å². The van der Waals surface area contributed by atoms with Crippen LogP contribution in [0.5, 0.6) is 0 Å². The predicted molar refractivity (Wildman–Crippen MR) is 81.7 cm³/mol. The topological polar surface area (TPSA) is 58.2 Å². The first-order valence-electron chi connectivity index (χ1n) is 6.96. The Morgan fingerprint density at radius 2 is 1.70 bits per heavy atom. The van der Waals surface area contributed by atoms with E-state index in [1.807, 2.05) is 34.6 Å². The van der Waals surface area contributed by atoms with Gasteiger partial charge in [0.25, 0.3) is 5.91 Å². The second-order valence-electron chi connectivity index (χ2n) is 6.06. The number of amides is 2. The van der Waals surface area contributed by atoms with Gasteiger partial charge in [0, 0.05) is 22.7 Å². The molecule has 0 aliphatic carbocycles. The summed E-state index contributed by atoms with van der Waals surface area (Å²) in [7, 11) is 0. The minimum absolute atomic E-state index is 0.0469. The Morgan fingerprint density at radius 3 is 2.15 bits per heavy atom. The number of hydrogen-bond acceptors (Lipinski definition) is 2. The van der Waals surface area contributed by atoms with Crippen LogP contribution in [0, 0.1) is 5.41 Å². The van der Waals surface area contributed by atoms with Crippen LogP contribution in [0.3, 0.4) is 0 Å². The highest BCUT2D eigenvalue weighted by atomic mass is 16.2. The number of carbonyl (C=O) groups is 2. The van der Waals surface area contributed by atoms with E-state index in [4.69, 9.17) is 0 Å². The lowest BCUT2D eigenvalue weighted by molar-refractivity contribution is -0.123. The number of hydrogen-bond donors (Lipinski definition) is 2. The van der Waals surface area contributed by atoms with E-state index in [2.05, 4.69) is 10.6 Å². The highest BCUT2D eigenvalue weighted by Gasteiger charge is 2.21. The molecule has 0 spiro atoms. The Kier molecular flexibility index (Phi) is 5.31. The first-order chi connectivity index (χ1) is 9.24. The van der Waals surface area contributed by atoms with Crippen LogP contribution < -0.4 is 10.6 Å². The first-order valence-corrected chi connectivity index (χ1v) is 6.96. The van der Waals surface area contributed by atoms with Crippen molar-refractivity contribution in [2.24, 2.45) is 5.41 Å². The van der Waals surface area contributed by atoms with Gasteiger partial charge in [0.15, 0.2) is 0 Å². The summed E-state index contributed by atoms with van der Waals surface area (Å²) in [6.07, 6.45) is 0.894. The molecule has 0 radical (unpaired) electrons. The van der Waals surface area contributed by atoms with Gasteiger partial charge >= 0.3 is 0 Å². The van der Waals surface area contributed by atoms with Crippen LogP contribution in [0.4, 0.5) is 5.69 Å². The molecular formula is C16H24N2O2. The van der Waals surface area contributed by atoms with Crippen LogP contribution in [0.1, 0.15) is 51.4 Å². The van der Waals surface area contributed by atoms with Gasteiger partial charge in [-0.1, -0.05) is 27.7 Å². The van der Waals surface area contributed by atoms with Crippen LogP contribution in [0.15, 0.2) is 24.3 Å². The zero-order valence-corrected chi connectivity index (χ0v) is 12.9. The summed E-state index contributed by atoms with van der Waals surface area (Å²) >= 11 is 0. The third-order valence-electron chi connectivity index (χ3n) is 3.08. The molecule has 0 unspecified atom stereocenters. The lowest BCUT2D eigenvalue weighted by atomic mass is 9.95. The molecule has 0 bridgehead atoms. The van der Waals surface area contributed by atoms with Crippen LogP contribution in [-0.4, -0.2) is 17.9 Å². The van der Waals surface area contributed by atoms with E-state index in [-0.39, 0.29) is 17.9 Å². The summed E-state index contributed by atoms with van der Waals surface area (Å²) in [4.78, 5) is 23.8. The molecule has 20 heavy (non-hydrogen) atoms. The molecule has 0 saturated heterocycles. The molecule has 0 aromatic heterocycles. The second-order valence-corrected chi connectivity index (χ2v) is 6.06. The van der Waals surface area contributed by atoms with E-state index >= 15 is 0 Å². The fourth-order valence-corrected chi connectivity index (χ4v) is 1.43. The molecular weight excluding hydrogens is 252 g/mol. The summed E-state index contributed by atoms with van der Waals surface area (Å²) < 4.78 is 0. The van der Waals surface area contributed by atoms with Crippen molar-refractivity contribution in [2.75, 3.05) is 5.32 Å². The summed E-state index contributed by atoms with van der Waals surface area (Å²) in [6.45, 7) is 9.56. The second kappa shape index (κ2) is 6.55. The van der Waals surface area contributed by atoms with Crippen molar-refractivity contribution in [3.05, 3.63) is 29.8 Å². The molecule has 1 aromatic carbocycles. The molecule has 2 N–H and O–H groups in total. The van der Waals surface area contributed by atoms with E-state index in [9.17, 15) is 9.59 Å². The Balaban J connectivity index is 2.70. The molecule has 1 rings (SSSR count). The van der Waals surface area contributed by atoms with Crippen molar-refractivity contribution in [1.82, 2.24) is 5.32 Å². The fourth-order valence-electron chi connectivity index (χ4n) is 1.43. The molecule has 0 saturated carbocycles. The Bertz CT molecular complexity index is 472. The van der Waals surface area contributed by atoms with Gasteiger partial charge in [-0.2, -0.15) is 0 Å². The summed E-state index contributed by atoms with van der Waals surface area (Å²) in [5.74, 6) is -0.137. The van der Waals surface area contributed by atoms with E-state index in [0.717, 1.165) is 6.42 Å². The van der Waals surface area contributed by atoms with Gasteiger partial charge in [-0.25, -0.2) is 0 Å². The zero-order valence-electron chi connectivity index (χ0n) is 12.9. The molecule has 0 aliphatic rings. The average molecular weight is 276 g/mol. The van der Waals surface area contributed by atoms with Crippen LogP contribution in [0.25, 0.3) is 0 Å². The molecule has 0 heterocycles. The van der Waals surface area contributed by atoms with Crippen molar-refractivity contribution in [3.8, 4) is 0 Å². The maximum absolute atomic E-state index is 11.9. The Hall–Kier alpha value is -1.84. The van der Waals surface area contributed by atoms with Gasteiger partial charge in [-0.05, 0) is 37.6 Å². The molecule has 1 atom stereocenters. The lowest BCUT2D eigenvalue weighted by Gasteiger charge is -2.17.